The molecule has 0 spiro atoms. The molecule has 7 nitrogen and oxygen atoms in total. The first-order valence-electron chi connectivity index (χ1n) is 8.58. The Hall–Kier alpha value is -1.00. The smallest absolute Gasteiger partial charge is 0.252 e. The Bertz CT molecular complexity index is 726. The average molecular weight is 449 g/mol. The highest BCUT2D eigenvalue weighted by Crippen LogP contribution is 2.24. The Balaban J connectivity index is 2.04. The zero-order chi connectivity index (χ0) is 19.2. The molecule has 0 radical (unpaired) electrons. The summed E-state index contributed by atoms with van der Waals surface area (Å²) >= 11 is 3.30. The molecule has 1 fully saturated rings. The fraction of sp³-hybridized carbons (Fsp3) is 0.588. The molecule has 0 aromatic heterocycles. The van der Waals surface area contributed by atoms with E-state index >= 15 is 0 Å². The van der Waals surface area contributed by atoms with E-state index in [-0.39, 0.29) is 41.5 Å². The predicted octanol–water partition coefficient (Wildman–Crippen LogP) is 1.65. The van der Waals surface area contributed by atoms with Crippen molar-refractivity contribution in [2.45, 2.75) is 36.7 Å². The van der Waals surface area contributed by atoms with Crippen LogP contribution in [0, 0.1) is 5.92 Å². The van der Waals surface area contributed by atoms with Crippen LogP contribution in [0.2, 0.25) is 0 Å². The van der Waals surface area contributed by atoms with E-state index in [1.54, 1.807) is 6.07 Å². The summed E-state index contributed by atoms with van der Waals surface area (Å²) in [7, 11) is -2.22. The number of halogens is 1. The summed E-state index contributed by atoms with van der Waals surface area (Å²) in [6.07, 6.45) is 3.11. The van der Waals surface area contributed by atoms with Crippen molar-refractivity contribution >= 4 is 31.9 Å². The van der Waals surface area contributed by atoms with Gasteiger partial charge in [-0.25, -0.2) is 13.1 Å². The van der Waals surface area contributed by atoms with Crippen LogP contribution in [-0.2, 0) is 14.8 Å². The summed E-state index contributed by atoms with van der Waals surface area (Å²) < 4.78 is 32.4. The number of amides is 1. The third kappa shape index (κ3) is 6.02. The van der Waals surface area contributed by atoms with Gasteiger partial charge in [-0.1, -0.05) is 6.42 Å². The van der Waals surface area contributed by atoms with Gasteiger partial charge in [0, 0.05) is 24.7 Å². The number of hydrogen-bond acceptors (Lipinski definition) is 5. The van der Waals surface area contributed by atoms with Gasteiger partial charge in [0.15, 0.2) is 0 Å². The molecule has 1 aromatic carbocycles. The Morgan fingerprint density at radius 2 is 2.15 bits per heavy atom. The number of methoxy groups -OCH3 is 1. The van der Waals surface area contributed by atoms with Gasteiger partial charge in [-0.15, -0.1) is 0 Å². The third-order valence-electron chi connectivity index (χ3n) is 4.40. The Kier molecular flexibility index (Phi) is 8.03. The summed E-state index contributed by atoms with van der Waals surface area (Å²) in [5.74, 6) is -0.102. The normalized spacial score (nSPS) is 20.7. The van der Waals surface area contributed by atoms with E-state index in [1.807, 2.05) is 0 Å². The van der Waals surface area contributed by atoms with E-state index in [2.05, 4.69) is 26.0 Å². The number of benzene rings is 1. The van der Waals surface area contributed by atoms with Crippen LogP contribution in [0.15, 0.2) is 27.6 Å². The molecule has 2 rings (SSSR count). The van der Waals surface area contributed by atoms with Crippen molar-refractivity contribution in [3.05, 3.63) is 28.2 Å². The molecule has 0 aliphatic heterocycles. The van der Waals surface area contributed by atoms with Crippen LogP contribution in [-0.4, -0.2) is 52.3 Å². The van der Waals surface area contributed by atoms with E-state index < -0.39 is 10.0 Å². The lowest BCUT2D eigenvalue weighted by Crippen LogP contribution is -2.33. The van der Waals surface area contributed by atoms with Gasteiger partial charge in [0.1, 0.15) is 0 Å². The fourth-order valence-corrected chi connectivity index (χ4v) is 4.45. The van der Waals surface area contributed by atoms with E-state index in [4.69, 9.17) is 4.74 Å². The van der Waals surface area contributed by atoms with Gasteiger partial charge in [-0.2, -0.15) is 0 Å². The number of hydrogen-bond donors (Lipinski definition) is 3. The number of carbonyl (C=O) groups is 1. The topological polar surface area (TPSA) is 105 Å². The van der Waals surface area contributed by atoms with Gasteiger partial charge in [-0.05, 0) is 59.3 Å². The second-order valence-electron chi connectivity index (χ2n) is 6.43. The number of aliphatic hydroxyl groups is 1. The van der Waals surface area contributed by atoms with E-state index in [0.717, 1.165) is 19.3 Å². The van der Waals surface area contributed by atoms with Gasteiger partial charge in [0.05, 0.1) is 23.2 Å². The van der Waals surface area contributed by atoms with E-state index in [0.29, 0.717) is 17.4 Å². The molecule has 146 valence electrons. The zero-order valence-electron chi connectivity index (χ0n) is 14.7. The number of aliphatic hydroxyl groups excluding tert-OH is 1. The molecule has 1 aliphatic rings. The van der Waals surface area contributed by atoms with Crippen molar-refractivity contribution in [1.29, 1.82) is 0 Å². The Morgan fingerprint density at radius 1 is 1.38 bits per heavy atom. The highest BCUT2D eigenvalue weighted by atomic mass is 79.9. The number of ether oxygens (including phenoxy) is 1. The summed E-state index contributed by atoms with van der Waals surface area (Å²) in [4.78, 5) is 12.5. The molecule has 2 atom stereocenters. The first-order valence-corrected chi connectivity index (χ1v) is 10.9. The van der Waals surface area contributed by atoms with Crippen molar-refractivity contribution < 1.29 is 23.1 Å². The predicted molar refractivity (Wildman–Crippen MR) is 102 cm³/mol. The average Bonchev–Trinajstić information content (AvgIpc) is 2.60. The van der Waals surface area contributed by atoms with Crippen molar-refractivity contribution in [2.24, 2.45) is 5.92 Å². The first kappa shape index (κ1) is 21.3. The second-order valence-corrected chi connectivity index (χ2v) is 9.05. The maximum atomic E-state index is 12.5. The zero-order valence-corrected chi connectivity index (χ0v) is 17.1. The number of sulfonamides is 1. The largest absolute Gasteiger partial charge is 0.393 e. The lowest BCUT2D eigenvalue weighted by Gasteiger charge is -2.26. The van der Waals surface area contributed by atoms with Crippen LogP contribution in [0.3, 0.4) is 0 Å². The number of rotatable bonds is 8. The first-order chi connectivity index (χ1) is 12.3. The molecule has 1 aromatic rings. The standard InChI is InChI=1S/C17H25BrN2O5S/c1-25-8-7-20-26(23,24)14-5-6-16(18)15(10-14)17(22)19-11-12-3-2-4-13(21)9-12/h5-6,10,12-13,20-21H,2-4,7-9,11H2,1H3,(H,19,22)/t12-,13-/m0/s1. The van der Waals surface area contributed by atoms with Crippen molar-refractivity contribution in [3.63, 3.8) is 0 Å². The summed E-state index contributed by atoms with van der Waals surface area (Å²) in [5.41, 5.74) is 0.260. The molecule has 0 bridgehead atoms. The molecule has 26 heavy (non-hydrogen) atoms. The molecule has 9 heteroatoms. The maximum Gasteiger partial charge on any atom is 0.252 e. The molecule has 1 amide bonds. The molecular weight excluding hydrogens is 424 g/mol. The third-order valence-corrected chi connectivity index (χ3v) is 6.55. The minimum Gasteiger partial charge on any atom is -0.393 e. The summed E-state index contributed by atoms with van der Waals surface area (Å²) in [6, 6.07) is 4.34. The quantitative estimate of drug-likeness (QED) is 0.524. The molecule has 0 unspecified atom stereocenters. The number of nitrogens with one attached hydrogen (secondary N) is 2. The molecule has 0 heterocycles. The Morgan fingerprint density at radius 3 is 2.85 bits per heavy atom. The lowest BCUT2D eigenvalue weighted by atomic mass is 9.87. The molecule has 1 aliphatic carbocycles. The van der Waals surface area contributed by atoms with Crippen LogP contribution in [0.1, 0.15) is 36.0 Å². The summed E-state index contributed by atoms with van der Waals surface area (Å²) in [6.45, 7) is 0.877. The molecule has 1 saturated carbocycles. The minimum absolute atomic E-state index is 0.0232. The van der Waals surface area contributed by atoms with Crippen LogP contribution < -0.4 is 10.0 Å². The lowest BCUT2D eigenvalue weighted by molar-refractivity contribution is 0.0873. The monoisotopic (exact) mass is 448 g/mol. The van der Waals surface area contributed by atoms with Crippen molar-refractivity contribution in [2.75, 3.05) is 26.8 Å². The maximum absolute atomic E-state index is 12.5. The van der Waals surface area contributed by atoms with E-state index in [9.17, 15) is 18.3 Å². The van der Waals surface area contributed by atoms with Crippen molar-refractivity contribution in [3.8, 4) is 0 Å². The second kappa shape index (κ2) is 9.80. The van der Waals surface area contributed by atoms with Gasteiger partial charge < -0.3 is 15.2 Å². The molecule has 0 saturated heterocycles. The van der Waals surface area contributed by atoms with Gasteiger partial charge >= 0.3 is 0 Å². The highest BCUT2D eigenvalue weighted by Gasteiger charge is 2.22. The van der Waals surface area contributed by atoms with Crippen LogP contribution in [0.5, 0.6) is 0 Å². The van der Waals surface area contributed by atoms with Crippen molar-refractivity contribution in [1.82, 2.24) is 10.0 Å². The minimum atomic E-state index is -3.71. The van der Waals surface area contributed by atoms with Crippen LogP contribution in [0.4, 0.5) is 0 Å². The van der Waals surface area contributed by atoms with Gasteiger partial charge in [0.2, 0.25) is 10.0 Å². The SMILES string of the molecule is COCCNS(=O)(=O)c1ccc(Br)c(C(=O)NC[C@H]2CCC[C@H](O)C2)c1. The highest BCUT2D eigenvalue weighted by molar-refractivity contribution is 9.10. The molecule has 3 N–H and O–H groups in total. The molecular formula is C17H25BrN2O5S. The fourth-order valence-electron chi connectivity index (χ4n) is 2.99. The van der Waals surface area contributed by atoms with E-state index in [1.165, 1.54) is 19.2 Å². The van der Waals surface area contributed by atoms with Gasteiger partial charge in [-0.3, -0.25) is 4.79 Å². The summed E-state index contributed by atoms with van der Waals surface area (Å²) in [5, 5.41) is 12.6. The number of carbonyl (C=O) groups excluding carboxylic acids is 1. The van der Waals surface area contributed by atoms with Gasteiger partial charge in [0.25, 0.3) is 5.91 Å². The Labute approximate surface area is 162 Å². The van der Waals surface area contributed by atoms with Crippen LogP contribution in [0.25, 0.3) is 0 Å². The van der Waals surface area contributed by atoms with Crippen LogP contribution >= 0.6 is 15.9 Å².